The minimum absolute atomic E-state index is 0.123. The van der Waals surface area contributed by atoms with E-state index in [9.17, 15) is 20.2 Å². The zero-order chi connectivity index (χ0) is 18.9. The normalized spacial score (nSPS) is 12.1. The van der Waals surface area contributed by atoms with E-state index in [0.717, 1.165) is 5.56 Å². The summed E-state index contributed by atoms with van der Waals surface area (Å²) in [5, 5.41) is 20.8. The lowest BCUT2D eigenvalue weighted by Gasteiger charge is -2.15. The molecule has 26 heavy (non-hydrogen) atoms. The minimum atomic E-state index is -0.831. The Morgan fingerprint density at radius 3 is 2.50 bits per heavy atom. The Morgan fingerprint density at radius 1 is 1.23 bits per heavy atom. The number of carbonyl (C=O) groups is 1. The van der Waals surface area contributed by atoms with Crippen molar-refractivity contribution in [3.63, 3.8) is 0 Å². The topological polar surface area (TPSA) is 93.2 Å². The van der Waals surface area contributed by atoms with Gasteiger partial charge in [-0.2, -0.15) is 5.26 Å². The second kappa shape index (κ2) is 9.14. The van der Waals surface area contributed by atoms with Crippen molar-refractivity contribution in [1.29, 1.82) is 5.26 Å². The molecule has 6 heteroatoms. The average molecular weight is 350 g/mol. The largest absolute Gasteiger partial charge is 0.465 e. The van der Waals surface area contributed by atoms with E-state index < -0.39 is 16.8 Å². The first-order chi connectivity index (χ1) is 12.6. The Morgan fingerprint density at radius 2 is 1.88 bits per heavy atom. The Balaban J connectivity index is 2.45. The van der Waals surface area contributed by atoms with Crippen LogP contribution in [-0.2, 0) is 16.0 Å². The number of hydrogen-bond donors (Lipinski definition) is 0. The number of nitro groups is 1. The number of benzene rings is 2. The van der Waals surface area contributed by atoms with Crippen molar-refractivity contribution in [2.24, 2.45) is 5.92 Å². The molecule has 0 fully saturated rings. The maximum atomic E-state index is 12.4. The molecule has 1 unspecified atom stereocenters. The number of nitro benzene ring substituents is 1. The van der Waals surface area contributed by atoms with Gasteiger partial charge < -0.3 is 4.74 Å². The second-order valence-corrected chi connectivity index (χ2v) is 5.52. The zero-order valence-corrected chi connectivity index (χ0v) is 14.3. The van der Waals surface area contributed by atoms with Crippen LogP contribution < -0.4 is 0 Å². The number of rotatable bonds is 7. The molecule has 2 aromatic carbocycles. The first-order valence-corrected chi connectivity index (χ1v) is 8.12. The number of ether oxygens (including phenoxy) is 1. The number of carbonyl (C=O) groups excluding carboxylic acids is 1. The van der Waals surface area contributed by atoms with Crippen LogP contribution in [0.25, 0.3) is 6.08 Å². The van der Waals surface area contributed by atoms with Crippen molar-refractivity contribution in [3.8, 4) is 6.07 Å². The van der Waals surface area contributed by atoms with Gasteiger partial charge in [0.2, 0.25) is 0 Å². The molecule has 0 aliphatic carbocycles. The molecule has 0 aromatic heterocycles. The van der Waals surface area contributed by atoms with E-state index in [1.54, 1.807) is 25.1 Å². The molecule has 0 bridgehead atoms. The third-order valence-electron chi connectivity index (χ3n) is 3.80. The van der Waals surface area contributed by atoms with Crippen molar-refractivity contribution < 1.29 is 14.5 Å². The molecular weight excluding hydrogens is 332 g/mol. The number of nitriles is 1. The van der Waals surface area contributed by atoms with Crippen molar-refractivity contribution in [2.45, 2.75) is 13.3 Å². The fraction of sp³-hybridized carbons (Fsp3) is 0.200. The van der Waals surface area contributed by atoms with E-state index in [0.29, 0.717) is 0 Å². The van der Waals surface area contributed by atoms with Crippen molar-refractivity contribution in [1.82, 2.24) is 0 Å². The van der Waals surface area contributed by atoms with Crippen LogP contribution in [0.1, 0.15) is 18.1 Å². The lowest BCUT2D eigenvalue weighted by molar-refractivity contribution is -0.385. The van der Waals surface area contributed by atoms with Gasteiger partial charge in [-0.3, -0.25) is 14.9 Å². The molecule has 0 spiro atoms. The predicted octanol–water partition coefficient (Wildman–Crippen LogP) is 3.92. The van der Waals surface area contributed by atoms with Gasteiger partial charge >= 0.3 is 5.97 Å². The first kappa shape index (κ1) is 18.9. The SMILES string of the molecule is CCOC(=O)C(Cc1ccccc1)/C(C#N)=C\c1ccccc1[N+](=O)[O-]. The lowest BCUT2D eigenvalue weighted by atomic mass is 9.91. The summed E-state index contributed by atoms with van der Waals surface area (Å²) in [6.07, 6.45) is 1.67. The van der Waals surface area contributed by atoms with Crippen molar-refractivity contribution >= 4 is 17.7 Å². The number of esters is 1. The molecule has 0 heterocycles. The van der Waals surface area contributed by atoms with Crippen molar-refractivity contribution in [3.05, 3.63) is 81.4 Å². The summed E-state index contributed by atoms with van der Waals surface area (Å²) in [5.41, 5.74) is 1.15. The Labute approximate surface area is 151 Å². The van der Waals surface area contributed by atoms with E-state index in [4.69, 9.17) is 4.74 Å². The maximum absolute atomic E-state index is 12.4. The monoisotopic (exact) mass is 350 g/mol. The molecule has 0 saturated carbocycles. The summed E-state index contributed by atoms with van der Waals surface area (Å²) in [6, 6.07) is 17.4. The standard InChI is InChI=1S/C20H18N2O4/c1-2-26-20(23)18(12-15-8-4-3-5-9-15)17(14-21)13-16-10-6-7-11-19(16)22(24)25/h3-11,13,18H,2,12H2,1H3/b17-13-. The molecule has 0 aliphatic rings. The molecule has 0 N–H and O–H groups in total. The summed E-state index contributed by atoms with van der Waals surface area (Å²) in [5.74, 6) is -1.36. The van der Waals surface area contributed by atoms with Crippen LogP contribution in [0, 0.1) is 27.4 Å². The highest BCUT2D eigenvalue weighted by Gasteiger charge is 2.26. The van der Waals surface area contributed by atoms with Gasteiger partial charge in [0.15, 0.2) is 0 Å². The molecule has 0 amide bonds. The van der Waals surface area contributed by atoms with Gasteiger partial charge in [-0.25, -0.2) is 0 Å². The van der Waals surface area contributed by atoms with Crippen LogP contribution >= 0.6 is 0 Å². The molecule has 1 atom stereocenters. The van der Waals surface area contributed by atoms with Gasteiger partial charge in [0.1, 0.15) is 0 Å². The number of nitrogens with zero attached hydrogens (tertiary/aromatic N) is 2. The first-order valence-electron chi connectivity index (χ1n) is 8.12. The quantitative estimate of drug-likeness (QED) is 0.326. The average Bonchev–Trinajstić information content (AvgIpc) is 2.65. The fourth-order valence-corrected chi connectivity index (χ4v) is 2.57. The smallest absolute Gasteiger partial charge is 0.314 e. The van der Waals surface area contributed by atoms with Crippen LogP contribution in [0.15, 0.2) is 60.2 Å². The molecule has 0 radical (unpaired) electrons. The van der Waals surface area contributed by atoms with Crippen molar-refractivity contribution in [2.75, 3.05) is 6.61 Å². The van der Waals surface area contributed by atoms with Crippen LogP contribution in [0.3, 0.4) is 0 Å². The van der Waals surface area contributed by atoms with Gasteiger partial charge in [-0.1, -0.05) is 42.5 Å². The molecule has 0 aliphatic heterocycles. The highest BCUT2D eigenvalue weighted by molar-refractivity contribution is 5.81. The Hall–Kier alpha value is -3.46. The van der Waals surface area contributed by atoms with Crippen LogP contribution in [-0.4, -0.2) is 17.5 Å². The van der Waals surface area contributed by atoms with E-state index in [1.165, 1.54) is 12.1 Å². The maximum Gasteiger partial charge on any atom is 0.314 e. The van der Waals surface area contributed by atoms with Gasteiger partial charge in [0.25, 0.3) is 5.69 Å². The fourth-order valence-electron chi connectivity index (χ4n) is 2.57. The molecule has 0 saturated heterocycles. The van der Waals surface area contributed by atoms with Crippen LogP contribution in [0.4, 0.5) is 5.69 Å². The third kappa shape index (κ3) is 4.77. The predicted molar refractivity (Wildman–Crippen MR) is 97.0 cm³/mol. The molecular formula is C20H18N2O4. The summed E-state index contributed by atoms with van der Waals surface area (Å²) in [6.45, 7) is 1.88. The number of hydrogen-bond acceptors (Lipinski definition) is 5. The van der Waals surface area contributed by atoms with E-state index >= 15 is 0 Å². The molecule has 2 aromatic rings. The highest BCUT2D eigenvalue weighted by Crippen LogP contribution is 2.25. The van der Waals surface area contributed by atoms with Crippen LogP contribution in [0.2, 0.25) is 0 Å². The Bertz CT molecular complexity index is 854. The van der Waals surface area contributed by atoms with E-state index in [2.05, 4.69) is 0 Å². The molecule has 6 nitrogen and oxygen atoms in total. The summed E-state index contributed by atoms with van der Waals surface area (Å²) >= 11 is 0. The summed E-state index contributed by atoms with van der Waals surface area (Å²) in [4.78, 5) is 23.1. The third-order valence-corrected chi connectivity index (χ3v) is 3.80. The second-order valence-electron chi connectivity index (χ2n) is 5.52. The van der Waals surface area contributed by atoms with E-state index in [1.807, 2.05) is 36.4 Å². The Kier molecular flexibility index (Phi) is 6.63. The minimum Gasteiger partial charge on any atom is -0.465 e. The molecule has 132 valence electrons. The number of para-hydroxylation sites is 1. The molecule has 2 rings (SSSR count). The lowest BCUT2D eigenvalue weighted by Crippen LogP contribution is -2.22. The van der Waals surface area contributed by atoms with Gasteiger partial charge in [-0.05, 0) is 31.1 Å². The van der Waals surface area contributed by atoms with E-state index in [-0.39, 0.29) is 29.9 Å². The zero-order valence-electron chi connectivity index (χ0n) is 14.3. The van der Waals surface area contributed by atoms with Gasteiger partial charge in [0, 0.05) is 11.6 Å². The van der Waals surface area contributed by atoms with Gasteiger partial charge in [0.05, 0.1) is 29.1 Å². The summed E-state index contributed by atoms with van der Waals surface area (Å²) in [7, 11) is 0. The van der Waals surface area contributed by atoms with Gasteiger partial charge in [-0.15, -0.1) is 0 Å². The van der Waals surface area contributed by atoms with Crippen LogP contribution in [0.5, 0.6) is 0 Å². The summed E-state index contributed by atoms with van der Waals surface area (Å²) < 4.78 is 5.11. The highest BCUT2D eigenvalue weighted by atomic mass is 16.6.